The summed E-state index contributed by atoms with van der Waals surface area (Å²) < 4.78 is 29.9. The zero-order valence-corrected chi connectivity index (χ0v) is 10.3. The third-order valence-corrected chi connectivity index (χ3v) is 2.34. The van der Waals surface area contributed by atoms with E-state index >= 15 is 0 Å². The Kier molecular flexibility index (Phi) is 5.50. The maximum Gasteiger partial charge on any atom is 0.328 e. The topological polar surface area (TPSA) is 75.6 Å². The number of ether oxygens (including phenoxy) is 1. The first-order chi connectivity index (χ1) is 8.93. The molecule has 0 aliphatic heterocycles. The molecular weight excluding hydrogens is 284 g/mol. The minimum atomic E-state index is -1.63. The zero-order chi connectivity index (χ0) is 14.4. The SMILES string of the molecule is O=C(COc1ccc(F)cc1Cl)NC(CF)C(=O)O. The van der Waals surface area contributed by atoms with Crippen molar-refractivity contribution in [3.63, 3.8) is 0 Å². The predicted octanol–water partition coefficient (Wildman–Crippen LogP) is 1.40. The second kappa shape index (κ2) is 6.89. The van der Waals surface area contributed by atoms with Crippen molar-refractivity contribution in [3.8, 4) is 5.75 Å². The van der Waals surface area contributed by atoms with Crippen molar-refractivity contribution >= 4 is 23.5 Å². The molecule has 104 valence electrons. The quantitative estimate of drug-likeness (QED) is 0.831. The number of alkyl halides is 1. The Hall–Kier alpha value is -1.89. The van der Waals surface area contributed by atoms with Crippen LogP contribution in [0, 0.1) is 5.82 Å². The molecule has 0 heterocycles. The molecule has 1 aromatic rings. The average Bonchev–Trinajstić information content (AvgIpc) is 2.34. The summed E-state index contributed by atoms with van der Waals surface area (Å²) in [6.45, 7) is -1.80. The summed E-state index contributed by atoms with van der Waals surface area (Å²) in [4.78, 5) is 21.8. The molecular formula is C11H10ClF2NO4. The van der Waals surface area contributed by atoms with Crippen molar-refractivity contribution in [2.75, 3.05) is 13.3 Å². The van der Waals surface area contributed by atoms with Gasteiger partial charge in [-0.3, -0.25) is 4.79 Å². The van der Waals surface area contributed by atoms with E-state index in [-0.39, 0.29) is 10.8 Å². The summed E-state index contributed by atoms with van der Waals surface area (Å²) in [5.74, 6) is -2.82. The lowest BCUT2D eigenvalue weighted by atomic mass is 10.3. The van der Waals surface area contributed by atoms with E-state index in [0.29, 0.717) is 0 Å². The molecule has 5 nitrogen and oxygen atoms in total. The number of carboxylic acids is 1. The largest absolute Gasteiger partial charge is 0.482 e. The third kappa shape index (κ3) is 4.70. The number of hydrogen-bond donors (Lipinski definition) is 2. The van der Waals surface area contributed by atoms with Gasteiger partial charge in [-0.25, -0.2) is 13.6 Å². The Morgan fingerprint density at radius 1 is 1.47 bits per heavy atom. The number of carboxylic acid groups (broad SMARTS) is 1. The number of aliphatic carboxylic acids is 1. The van der Waals surface area contributed by atoms with Gasteiger partial charge in [0.1, 0.15) is 18.2 Å². The van der Waals surface area contributed by atoms with Crippen LogP contribution < -0.4 is 10.1 Å². The van der Waals surface area contributed by atoms with Crippen molar-refractivity contribution in [1.29, 1.82) is 0 Å². The lowest BCUT2D eigenvalue weighted by Gasteiger charge is -2.12. The summed E-state index contributed by atoms with van der Waals surface area (Å²) in [7, 11) is 0. The number of carbonyl (C=O) groups is 2. The van der Waals surface area contributed by atoms with Crippen LogP contribution in [0.1, 0.15) is 0 Å². The number of nitrogens with one attached hydrogen (secondary N) is 1. The van der Waals surface area contributed by atoms with Crippen LogP contribution in [0.15, 0.2) is 18.2 Å². The molecule has 1 amide bonds. The number of benzene rings is 1. The van der Waals surface area contributed by atoms with Crippen LogP contribution in [0.3, 0.4) is 0 Å². The highest BCUT2D eigenvalue weighted by molar-refractivity contribution is 6.32. The number of carbonyl (C=O) groups excluding carboxylic acids is 1. The fraction of sp³-hybridized carbons (Fsp3) is 0.273. The molecule has 1 aromatic carbocycles. The minimum absolute atomic E-state index is 0.0342. The summed E-state index contributed by atoms with van der Waals surface area (Å²) in [5, 5.41) is 10.4. The van der Waals surface area contributed by atoms with Crippen molar-refractivity contribution in [1.82, 2.24) is 5.32 Å². The molecule has 0 bridgehead atoms. The first-order valence-electron chi connectivity index (χ1n) is 5.10. The van der Waals surface area contributed by atoms with Crippen LogP contribution in [0.2, 0.25) is 5.02 Å². The van der Waals surface area contributed by atoms with E-state index in [4.69, 9.17) is 21.4 Å². The van der Waals surface area contributed by atoms with Gasteiger partial charge in [0.05, 0.1) is 5.02 Å². The highest BCUT2D eigenvalue weighted by atomic mass is 35.5. The first-order valence-corrected chi connectivity index (χ1v) is 5.48. The van der Waals surface area contributed by atoms with E-state index in [1.807, 2.05) is 5.32 Å². The molecule has 0 aromatic heterocycles. The van der Waals surface area contributed by atoms with Crippen LogP contribution in [-0.4, -0.2) is 36.3 Å². The van der Waals surface area contributed by atoms with Crippen molar-refractivity contribution in [2.24, 2.45) is 0 Å². The third-order valence-electron chi connectivity index (χ3n) is 2.04. The molecule has 0 fully saturated rings. The lowest BCUT2D eigenvalue weighted by Crippen LogP contribution is -2.44. The summed E-state index contributed by atoms with van der Waals surface area (Å²) in [5.41, 5.74) is 0. The number of halogens is 3. The number of hydrogen-bond acceptors (Lipinski definition) is 3. The Balaban J connectivity index is 2.52. The van der Waals surface area contributed by atoms with Gasteiger partial charge in [0.25, 0.3) is 5.91 Å². The molecule has 19 heavy (non-hydrogen) atoms. The normalized spacial score (nSPS) is 11.7. The van der Waals surface area contributed by atoms with Gasteiger partial charge in [-0.1, -0.05) is 11.6 Å². The van der Waals surface area contributed by atoms with E-state index in [2.05, 4.69) is 0 Å². The second-order valence-corrected chi connectivity index (χ2v) is 3.88. The van der Waals surface area contributed by atoms with Crippen molar-refractivity contribution in [3.05, 3.63) is 29.0 Å². The Morgan fingerprint density at radius 3 is 2.68 bits per heavy atom. The monoisotopic (exact) mass is 293 g/mol. The molecule has 2 N–H and O–H groups in total. The molecule has 0 radical (unpaired) electrons. The second-order valence-electron chi connectivity index (χ2n) is 3.48. The van der Waals surface area contributed by atoms with Gasteiger partial charge >= 0.3 is 5.97 Å². The Labute approximate surface area is 112 Å². The molecule has 0 saturated carbocycles. The van der Waals surface area contributed by atoms with Gasteiger partial charge in [-0.05, 0) is 18.2 Å². The van der Waals surface area contributed by atoms with Crippen LogP contribution in [0.5, 0.6) is 5.75 Å². The fourth-order valence-corrected chi connectivity index (χ4v) is 1.36. The van der Waals surface area contributed by atoms with Crippen molar-refractivity contribution in [2.45, 2.75) is 6.04 Å². The van der Waals surface area contributed by atoms with Gasteiger partial charge in [0, 0.05) is 0 Å². The summed E-state index contributed by atoms with van der Waals surface area (Å²) in [6, 6.07) is 1.67. The fourth-order valence-electron chi connectivity index (χ4n) is 1.14. The van der Waals surface area contributed by atoms with Crippen LogP contribution in [-0.2, 0) is 9.59 Å². The molecule has 0 aliphatic carbocycles. The lowest BCUT2D eigenvalue weighted by molar-refractivity contribution is -0.142. The summed E-state index contributed by atoms with van der Waals surface area (Å²) in [6.07, 6.45) is 0. The molecule has 1 unspecified atom stereocenters. The molecule has 1 atom stereocenters. The standard InChI is InChI=1S/C11H10ClF2NO4/c12-7-3-6(14)1-2-9(7)19-5-10(16)15-8(4-13)11(17)18/h1-3,8H,4-5H2,(H,15,16)(H,17,18). The average molecular weight is 294 g/mol. The maximum atomic E-state index is 12.7. The molecule has 1 rings (SSSR count). The summed E-state index contributed by atoms with van der Waals surface area (Å²) >= 11 is 5.65. The zero-order valence-electron chi connectivity index (χ0n) is 9.53. The van der Waals surface area contributed by atoms with Gasteiger partial charge in [-0.15, -0.1) is 0 Å². The van der Waals surface area contributed by atoms with Crippen LogP contribution in [0.25, 0.3) is 0 Å². The highest BCUT2D eigenvalue weighted by Crippen LogP contribution is 2.24. The van der Waals surface area contributed by atoms with Gasteiger partial charge < -0.3 is 15.2 Å². The first kappa shape index (κ1) is 15.2. The molecule has 0 aliphatic rings. The van der Waals surface area contributed by atoms with E-state index in [0.717, 1.165) is 12.1 Å². The Morgan fingerprint density at radius 2 is 2.16 bits per heavy atom. The van der Waals surface area contributed by atoms with E-state index in [1.54, 1.807) is 0 Å². The number of rotatable bonds is 6. The van der Waals surface area contributed by atoms with Gasteiger partial charge in [0.2, 0.25) is 0 Å². The van der Waals surface area contributed by atoms with Crippen molar-refractivity contribution < 1.29 is 28.2 Å². The predicted molar refractivity (Wildman–Crippen MR) is 62.4 cm³/mol. The van der Waals surface area contributed by atoms with E-state index < -0.39 is 37.0 Å². The van der Waals surface area contributed by atoms with Crippen LogP contribution in [0.4, 0.5) is 8.78 Å². The van der Waals surface area contributed by atoms with E-state index in [9.17, 15) is 18.4 Å². The maximum absolute atomic E-state index is 12.7. The molecule has 0 spiro atoms. The van der Waals surface area contributed by atoms with E-state index in [1.165, 1.54) is 6.07 Å². The minimum Gasteiger partial charge on any atom is -0.482 e. The Bertz CT molecular complexity index is 484. The highest BCUT2D eigenvalue weighted by Gasteiger charge is 2.19. The molecule has 0 saturated heterocycles. The van der Waals surface area contributed by atoms with Gasteiger partial charge in [-0.2, -0.15) is 0 Å². The smallest absolute Gasteiger partial charge is 0.328 e. The number of amides is 1. The molecule has 8 heteroatoms. The van der Waals surface area contributed by atoms with Crippen LogP contribution >= 0.6 is 11.6 Å². The van der Waals surface area contributed by atoms with Gasteiger partial charge in [0.15, 0.2) is 12.6 Å².